The molecule has 1 aliphatic heterocycles. The molecule has 1 saturated heterocycles. The van der Waals surface area contributed by atoms with Crippen LogP contribution >= 0.6 is 24.8 Å². The van der Waals surface area contributed by atoms with Crippen molar-refractivity contribution in [2.24, 2.45) is 11.1 Å². The van der Waals surface area contributed by atoms with Crippen LogP contribution in [0.4, 0.5) is 5.69 Å². The van der Waals surface area contributed by atoms with E-state index in [1.807, 2.05) is 30.0 Å². The van der Waals surface area contributed by atoms with Crippen LogP contribution in [0.3, 0.4) is 0 Å². The highest BCUT2D eigenvalue weighted by molar-refractivity contribution is 5.85. The highest BCUT2D eigenvalue weighted by Gasteiger charge is 2.42. The van der Waals surface area contributed by atoms with E-state index in [0.29, 0.717) is 13.2 Å². The largest absolute Gasteiger partial charge is 0.492 e. The van der Waals surface area contributed by atoms with Crippen molar-refractivity contribution >= 4 is 36.4 Å². The van der Waals surface area contributed by atoms with Crippen LogP contribution in [0.1, 0.15) is 32.6 Å². The summed E-state index contributed by atoms with van der Waals surface area (Å²) in [6.07, 6.45) is 4.17. The van der Waals surface area contributed by atoms with E-state index in [0.717, 1.165) is 63.3 Å². The number of carbonyl (C=O) groups is 1. The SMILES string of the molecule is CCOc1ccccc1N1CCN(C(=O)C2(CN)CCCC2)CC1.Cl.Cl. The van der Waals surface area contributed by atoms with Crippen molar-refractivity contribution in [1.82, 2.24) is 4.90 Å². The molecule has 2 N–H and O–H groups in total. The van der Waals surface area contributed by atoms with Crippen molar-refractivity contribution in [2.45, 2.75) is 32.6 Å². The van der Waals surface area contributed by atoms with Crippen LogP contribution < -0.4 is 15.4 Å². The van der Waals surface area contributed by atoms with Crippen molar-refractivity contribution < 1.29 is 9.53 Å². The lowest BCUT2D eigenvalue weighted by Crippen LogP contribution is -2.54. The van der Waals surface area contributed by atoms with Crippen LogP contribution in [0.2, 0.25) is 0 Å². The molecule has 1 amide bonds. The minimum atomic E-state index is -0.286. The van der Waals surface area contributed by atoms with Gasteiger partial charge in [-0.2, -0.15) is 0 Å². The van der Waals surface area contributed by atoms with Gasteiger partial charge in [-0.05, 0) is 31.9 Å². The average Bonchev–Trinajstić information content (AvgIpc) is 3.12. The summed E-state index contributed by atoms with van der Waals surface area (Å²) >= 11 is 0. The standard InChI is InChI=1S/C19H29N3O2.2ClH/c1-2-24-17-8-4-3-7-16(17)21-11-13-22(14-12-21)18(23)19(15-20)9-5-6-10-19;;/h3-4,7-8H,2,5-6,9-15,20H2,1H3;2*1H. The van der Waals surface area contributed by atoms with Crippen LogP contribution in [0, 0.1) is 5.41 Å². The third-order valence-electron chi connectivity index (χ3n) is 5.48. The lowest BCUT2D eigenvalue weighted by molar-refractivity contribution is -0.141. The molecule has 1 aromatic carbocycles. The van der Waals surface area contributed by atoms with Gasteiger partial charge in [0.05, 0.1) is 17.7 Å². The van der Waals surface area contributed by atoms with E-state index < -0.39 is 0 Å². The number of para-hydroxylation sites is 2. The van der Waals surface area contributed by atoms with Crippen molar-refractivity contribution in [3.8, 4) is 5.75 Å². The van der Waals surface area contributed by atoms with E-state index in [4.69, 9.17) is 10.5 Å². The van der Waals surface area contributed by atoms with Gasteiger partial charge in [0.25, 0.3) is 0 Å². The van der Waals surface area contributed by atoms with Gasteiger partial charge in [0, 0.05) is 32.7 Å². The summed E-state index contributed by atoms with van der Waals surface area (Å²) in [5, 5.41) is 0. The molecule has 7 heteroatoms. The maximum absolute atomic E-state index is 13.0. The second-order valence-corrected chi connectivity index (χ2v) is 6.87. The summed E-state index contributed by atoms with van der Waals surface area (Å²) in [5.41, 5.74) is 6.81. The number of anilines is 1. The first-order valence-electron chi connectivity index (χ1n) is 9.16. The third-order valence-corrected chi connectivity index (χ3v) is 5.48. The van der Waals surface area contributed by atoms with Gasteiger partial charge >= 0.3 is 0 Å². The van der Waals surface area contributed by atoms with Crippen LogP contribution in [0.15, 0.2) is 24.3 Å². The molecule has 2 aliphatic rings. The first-order valence-corrected chi connectivity index (χ1v) is 9.16. The number of hydrogen-bond donors (Lipinski definition) is 1. The van der Waals surface area contributed by atoms with Crippen molar-refractivity contribution in [3.63, 3.8) is 0 Å². The Morgan fingerprint density at radius 3 is 2.31 bits per heavy atom. The van der Waals surface area contributed by atoms with Gasteiger partial charge in [0.15, 0.2) is 0 Å². The molecule has 3 rings (SSSR count). The zero-order valence-corrected chi connectivity index (χ0v) is 17.1. The Balaban J connectivity index is 0.00000169. The van der Waals surface area contributed by atoms with Crippen LogP contribution in [-0.2, 0) is 4.79 Å². The fraction of sp³-hybridized carbons (Fsp3) is 0.632. The molecule has 1 aliphatic carbocycles. The van der Waals surface area contributed by atoms with Gasteiger partial charge in [0.2, 0.25) is 5.91 Å². The fourth-order valence-electron chi connectivity index (χ4n) is 4.04. The molecule has 0 aromatic heterocycles. The number of piperazine rings is 1. The number of carbonyl (C=O) groups excluding carboxylic acids is 1. The van der Waals surface area contributed by atoms with Gasteiger partial charge in [0.1, 0.15) is 5.75 Å². The normalized spacial score (nSPS) is 18.7. The monoisotopic (exact) mass is 403 g/mol. The fourth-order valence-corrected chi connectivity index (χ4v) is 4.04. The molecule has 2 fully saturated rings. The topological polar surface area (TPSA) is 58.8 Å². The maximum atomic E-state index is 13.0. The predicted molar refractivity (Wildman–Crippen MR) is 111 cm³/mol. The molecule has 26 heavy (non-hydrogen) atoms. The van der Waals surface area contributed by atoms with Gasteiger partial charge in [-0.1, -0.05) is 25.0 Å². The molecule has 0 radical (unpaired) electrons. The highest BCUT2D eigenvalue weighted by Crippen LogP contribution is 2.39. The number of rotatable bonds is 5. The Kier molecular flexibility index (Phi) is 9.01. The predicted octanol–water partition coefficient (Wildman–Crippen LogP) is 3.10. The van der Waals surface area contributed by atoms with Gasteiger partial charge in [-0.3, -0.25) is 4.79 Å². The molecule has 1 aromatic rings. The molecular formula is C19H31Cl2N3O2. The number of amides is 1. The Hall–Kier alpha value is -1.17. The van der Waals surface area contributed by atoms with E-state index in [1.165, 1.54) is 0 Å². The minimum absolute atomic E-state index is 0. The smallest absolute Gasteiger partial charge is 0.230 e. The number of halogens is 2. The first kappa shape index (κ1) is 22.9. The average molecular weight is 404 g/mol. The number of nitrogens with zero attached hydrogens (tertiary/aromatic N) is 2. The van der Waals surface area contributed by atoms with E-state index in [2.05, 4.69) is 11.0 Å². The highest BCUT2D eigenvalue weighted by atomic mass is 35.5. The summed E-state index contributed by atoms with van der Waals surface area (Å²) < 4.78 is 5.74. The molecule has 0 bridgehead atoms. The summed E-state index contributed by atoms with van der Waals surface area (Å²) in [7, 11) is 0. The second-order valence-electron chi connectivity index (χ2n) is 6.87. The van der Waals surface area contributed by atoms with Crippen LogP contribution in [-0.4, -0.2) is 50.1 Å². The maximum Gasteiger partial charge on any atom is 0.230 e. The van der Waals surface area contributed by atoms with E-state index >= 15 is 0 Å². The molecule has 148 valence electrons. The summed E-state index contributed by atoms with van der Waals surface area (Å²) in [5.74, 6) is 1.20. The summed E-state index contributed by atoms with van der Waals surface area (Å²) in [4.78, 5) is 17.3. The van der Waals surface area contributed by atoms with Crippen molar-refractivity contribution in [3.05, 3.63) is 24.3 Å². The van der Waals surface area contributed by atoms with Gasteiger partial charge in [-0.15, -0.1) is 24.8 Å². The number of nitrogens with two attached hydrogens (primary N) is 1. The minimum Gasteiger partial charge on any atom is -0.492 e. The number of benzene rings is 1. The first-order chi connectivity index (χ1) is 11.7. The van der Waals surface area contributed by atoms with E-state index in [9.17, 15) is 4.79 Å². The molecule has 0 unspecified atom stereocenters. The number of hydrogen-bond acceptors (Lipinski definition) is 4. The lowest BCUT2D eigenvalue weighted by Gasteiger charge is -2.40. The molecule has 0 spiro atoms. The van der Waals surface area contributed by atoms with Gasteiger partial charge in [-0.25, -0.2) is 0 Å². The van der Waals surface area contributed by atoms with Gasteiger partial charge < -0.3 is 20.3 Å². The summed E-state index contributed by atoms with van der Waals surface area (Å²) in [6, 6.07) is 8.15. The lowest BCUT2D eigenvalue weighted by atomic mass is 9.84. The molecule has 1 heterocycles. The Bertz CT molecular complexity index is 572. The molecule has 5 nitrogen and oxygen atoms in total. The second kappa shape index (κ2) is 10.2. The molecule has 0 atom stereocenters. The quantitative estimate of drug-likeness (QED) is 0.820. The Labute approximate surface area is 169 Å². The Morgan fingerprint density at radius 1 is 1.12 bits per heavy atom. The van der Waals surface area contributed by atoms with E-state index in [1.54, 1.807) is 0 Å². The molecular weight excluding hydrogens is 373 g/mol. The number of ether oxygens (including phenoxy) is 1. The van der Waals surface area contributed by atoms with Crippen molar-refractivity contribution in [2.75, 3.05) is 44.2 Å². The molecule has 1 saturated carbocycles. The zero-order chi connectivity index (χ0) is 17.0. The third kappa shape index (κ3) is 4.56. The summed E-state index contributed by atoms with van der Waals surface area (Å²) in [6.45, 7) is 6.37. The van der Waals surface area contributed by atoms with E-state index in [-0.39, 0.29) is 36.1 Å². The zero-order valence-electron chi connectivity index (χ0n) is 15.5. The van der Waals surface area contributed by atoms with Crippen LogP contribution in [0.5, 0.6) is 5.75 Å². The van der Waals surface area contributed by atoms with Crippen molar-refractivity contribution in [1.29, 1.82) is 0 Å². The Morgan fingerprint density at radius 2 is 1.73 bits per heavy atom. The van der Waals surface area contributed by atoms with Crippen LogP contribution in [0.25, 0.3) is 0 Å².